The summed E-state index contributed by atoms with van der Waals surface area (Å²) in [6.07, 6.45) is 1.22. The zero-order valence-electron chi connectivity index (χ0n) is 10.4. The van der Waals surface area contributed by atoms with Gasteiger partial charge in [0.05, 0.1) is 5.69 Å². The summed E-state index contributed by atoms with van der Waals surface area (Å²) in [5.41, 5.74) is 4.73. The average Bonchev–Trinajstić information content (AvgIpc) is 2.39. The van der Waals surface area contributed by atoms with E-state index in [0.29, 0.717) is 0 Å². The van der Waals surface area contributed by atoms with Gasteiger partial charge in [0.25, 0.3) is 10.0 Å². The van der Waals surface area contributed by atoms with Crippen molar-refractivity contribution < 1.29 is 17.2 Å². The minimum atomic E-state index is -4.27. The molecule has 2 aromatic rings. The van der Waals surface area contributed by atoms with Crippen molar-refractivity contribution in [1.82, 2.24) is 4.98 Å². The van der Waals surface area contributed by atoms with Gasteiger partial charge in [-0.15, -0.1) is 0 Å². The summed E-state index contributed by atoms with van der Waals surface area (Å²) in [5.74, 6) is -2.01. The Morgan fingerprint density at radius 1 is 1.25 bits per heavy atom. The van der Waals surface area contributed by atoms with Crippen LogP contribution in [0.3, 0.4) is 0 Å². The summed E-state index contributed by atoms with van der Waals surface area (Å²) in [6.45, 7) is 1.39. The van der Waals surface area contributed by atoms with Gasteiger partial charge in [-0.25, -0.2) is 13.8 Å². The smallest absolute Gasteiger partial charge is 0.281 e. The van der Waals surface area contributed by atoms with Crippen LogP contribution in [0.1, 0.15) is 5.56 Å². The van der Waals surface area contributed by atoms with Crippen LogP contribution in [-0.4, -0.2) is 13.4 Å². The second kappa shape index (κ2) is 5.04. The third-order valence-electron chi connectivity index (χ3n) is 2.58. The number of nitrogens with one attached hydrogen (secondary N) is 1. The highest BCUT2D eigenvalue weighted by atomic mass is 32.2. The molecule has 1 aromatic heterocycles. The van der Waals surface area contributed by atoms with Crippen LogP contribution in [0.4, 0.5) is 20.2 Å². The zero-order valence-corrected chi connectivity index (χ0v) is 11.2. The number of nitrogens with zero attached hydrogens (tertiary/aromatic N) is 1. The molecule has 1 aromatic carbocycles. The molecule has 3 N–H and O–H groups in total. The molecule has 0 aliphatic carbocycles. The SMILES string of the molecule is Cc1ccc(F)c(NS(=O)(=O)c2ncccc2N)c1F. The molecule has 0 bridgehead atoms. The van der Waals surface area contributed by atoms with E-state index in [2.05, 4.69) is 4.98 Å². The predicted octanol–water partition coefficient (Wildman–Crippen LogP) is 2.05. The molecule has 0 saturated carbocycles. The minimum absolute atomic E-state index is 0.109. The first-order chi connectivity index (χ1) is 9.33. The molecule has 0 saturated heterocycles. The fourth-order valence-electron chi connectivity index (χ4n) is 1.56. The molecule has 0 spiro atoms. The summed E-state index contributed by atoms with van der Waals surface area (Å²) < 4.78 is 53.3. The number of nitrogens with two attached hydrogens (primary N) is 1. The predicted molar refractivity (Wildman–Crippen MR) is 70.6 cm³/mol. The lowest BCUT2D eigenvalue weighted by molar-refractivity contribution is 0.578. The van der Waals surface area contributed by atoms with E-state index in [1.807, 2.05) is 4.72 Å². The maximum atomic E-state index is 13.8. The molecule has 0 aliphatic heterocycles. The Balaban J connectivity index is 2.50. The third-order valence-corrected chi connectivity index (χ3v) is 3.90. The van der Waals surface area contributed by atoms with Crippen LogP contribution >= 0.6 is 0 Å². The van der Waals surface area contributed by atoms with Gasteiger partial charge in [-0.05, 0) is 30.7 Å². The van der Waals surface area contributed by atoms with Crippen LogP contribution in [0.2, 0.25) is 0 Å². The van der Waals surface area contributed by atoms with E-state index < -0.39 is 32.4 Å². The highest BCUT2D eigenvalue weighted by Gasteiger charge is 2.23. The second-order valence-corrected chi connectivity index (χ2v) is 5.65. The Morgan fingerprint density at radius 3 is 2.60 bits per heavy atom. The van der Waals surface area contributed by atoms with Crippen molar-refractivity contribution in [1.29, 1.82) is 0 Å². The quantitative estimate of drug-likeness (QED) is 0.908. The Bertz CT molecular complexity index is 763. The summed E-state index contributed by atoms with van der Waals surface area (Å²) >= 11 is 0. The first-order valence-corrected chi connectivity index (χ1v) is 6.99. The second-order valence-electron chi connectivity index (χ2n) is 4.06. The van der Waals surface area contributed by atoms with E-state index in [0.717, 1.165) is 6.07 Å². The van der Waals surface area contributed by atoms with E-state index in [9.17, 15) is 17.2 Å². The van der Waals surface area contributed by atoms with Crippen molar-refractivity contribution in [3.63, 3.8) is 0 Å². The van der Waals surface area contributed by atoms with E-state index in [4.69, 9.17) is 5.73 Å². The van der Waals surface area contributed by atoms with Gasteiger partial charge < -0.3 is 5.73 Å². The van der Waals surface area contributed by atoms with Gasteiger partial charge in [0, 0.05) is 6.20 Å². The lowest BCUT2D eigenvalue weighted by Gasteiger charge is -2.11. The number of anilines is 2. The van der Waals surface area contributed by atoms with Gasteiger partial charge in [0.2, 0.25) is 0 Å². The normalized spacial score (nSPS) is 11.3. The van der Waals surface area contributed by atoms with Gasteiger partial charge in [-0.2, -0.15) is 8.42 Å². The number of hydrogen-bond acceptors (Lipinski definition) is 4. The number of aryl methyl sites for hydroxylation is 1. The van der Waals surface area contributed by atoms with Crippen molar-refractivity contribution in [2.45, 2.75) is 11.9 Å². The van der Waals surface area contributed by atoms with Crippen molar-refractivity contribution >= 4 is 21.4 Å². The Labute approximate surface area is 114 Å². The molecular weight excluding hydrogens is 288 g/mol. The maximum absolute atomic E-state index is 13.8. The average molecular weight is 299 g/mol. The molecule has 106 valence electrons. The number of benzene rings is 1. The van der Waals surface area contributed by atoms with Crippen molar-refractivity contribution in [3.05, 3.63) is 47.7 Å². The molecule has 1 heterocycles. The number of pyridine rings is 1. The van der Waals surface area contributed by atoms with E-state index >= 15 is 0 Å². The Morgan fingerprint density at radius 2 is 1.95 bits per heavy atom. The highest BCUT2D eigenvalue weighted by molar-refractivity contribution is 7.92. The van der Waals surface area contributed by atoms with E-state index in [-0.39, 0.29) is 11.3 Å². The van der Waals surface area contributed by atoms with E-state index in [1.165, 1.54) is 31.3 Å². The molecule has 0 atom stereocenters. The Hall–Kier alpha value is -2.22. The fourth-order valence-corrected chi connectivity index (χ4v) is 2.69. The largest absolute Gasteiger partial charge is 0.396 e. The first kappa shape index (κ1) is 14.2. The number of halogens is 2. The molecule has 20 heavy (non-hydrogen) atoms. The number of rotatable bonds is 3. The van der Waals surface area contributed by atoms with Gasteiger partial charge in [0.15, 0.2) is 10.8 Å². The molecule has 0 radical (unpaired) electrons. The van der Waals surface area contributed by atoms with Gasteiger partial charge in [-0.3, -0.25) is 4.72 Å². The minimum Gasteiger partial charge on any atom is -0.396 e. The van der Waals surface area contributed by atoms with Crippen LogP contribution in [0.5, 0.6) is 0 Å². The maximum Gasteiger partial charge on any atom is 0.281 e. The molecule has 0 unspecified atom stereocenters. The molecule has 0 fully saturated rings. The van der Waals surface area contributed by atoms with Crippen LogP contribution < -0.4 is 10.5 Å². The summed E-state index contributed by atoms with van der Waals surface area (Å²) in [6, 6.07) is 4.95. The van der Waals surface area contributed by atoms with Gasteiger partial charge >= 0.3 is 0 Å². The number of aromatic nitrogens is 1. The van der Waals surface area contributed by atoms with E-state index in [1.54, 1.807) is 0 Å². The zero-order chi connectivity index (χ0) is 14.9. The standard InChI is InChI=1S/C12H11F2N3O2S/c1-7-4-5-8(13)11(10(7)14)17-20(18,19)12-9(15)3-2-6-16-12/h2-6,17H,15H2,1H3. The number of sulfonamides is 1. The summed E-state index contributed by atoms with van der Waals surface area (Å²) in [7, 11) is -4.27. The van der Waals surface area contributed by atoms with Gasteiger partial charge in [0.1, 0.15) is 11.5 Å². The molecule has 5 nitrogen and oxygen atoms in total. The van der Waals surface area contributed by atoms with Crippen LogP contribution in [-0.2, 0) is 10.0 Å². The number of nitrogen functional groups attached to an aromatic ring is 1. The lowest BCUT2D eigenvalue weighted by atomic mass is 10.2. The van der Waals surface area contributed by atoms with Crippen molar-refractivity contribution in [2.24, 2.45) is 0 Å². The molecule has 2 rings (SSSR count). The molecule has 0 aliphatic rings. The Kier molecular flexibility index (Phi) is 3.58. The van der Waals surface area contributed by atoms with Crippen LogP contribution in [0, 0.1) is 18.6 Å². The van der Waals surface area contributed by atoms with Gasteiger partial charge in [-0.1, -0.05) is 6.07 Å². The third kappa shape index (κ3) is 2.55. The van der Waals surface area contributed by atoms with Crippen molar-refractivity contribution in [2.75, 3.05) is 10.5 Å². The molecular formula is C12H11F2N3O2S. The number of hydrogen-bond donors (Lipinski definition) is 2. The summed E-state index contributed by atoms with van der Waals surface area (Å²) in [5, 5.41) is -0.486. The molecule has 0 amide bonds. The first-order valence-electron chi connectivity index (χ1n) is 5.51. The lowest BCUT2D eigenvalue weighted by Crippen LogP contribution is -2.18. The highest BCUT2D eigenvalue weighted by Crippen LogP contribution is 2.25. The molecule has 8 heteroatoms. The monoisotopic (exact) mass is 299 g/mol. The van der Waals surface area contributed by atoms with Crippen LogP contribution in [0.15, 0.2) is 35.5 Å². The van der Waals surface area contributed by atoms with Crippen molar-refractivity contribution in [3.8, 4) is 0 Å². The van der Waals surface area contributed by atoms with Crippen LogP contribution in [0.25, 0.3) is 0 Å². The fraction of sp³-hybridized carbons (Fsp3) is 0.0833. The topological polar surface area (TPSA) is 85.1 Å². The summed E-state index contributed by atoms with van der Waals surface area (Å²) in [4.78, 5) is 3.61.